The van der Waals surface area contributed by atoms with Crippen LogP contribution >= 0.6 is 0 Å². The predicted molar refractivity (Wildman–Crippen MR) is 134 cm³/mol. The summed E-state index contributed by atoms with van der Waals surface area (Å²) < 4.78 is 7.15. The van der Waals surface area contributed by atoms with Crippen molar-refractivity contribution in [2.45, 2.75) is 25.3 Å². The van der Waals surface area contributed by atoms with Gasteiger partial charge < -0.3 is 15.0 Å². The molecule has 0 spiro atoms. The maximum Gasteiger partial charge on any atom is 0.254 e. The van der Waals surface area contributed by atoms with E-state index in [9.17, 15) is 9.59 Å². The van der Waals surface area contributed by atoms with E-state index >= 15 is 0 Å². The molecule has 3 fully saturated rings. The monoisotopic (exact) mass is 488 g/mol. The number of hydrogen-bond donors (Lipinski definition) is 2. The Balaban J connectivity index is 1.32. The zero-order valence-electron chi connectivity index (χ0n) is 19.9. The number of para-hydroxylation sites is 1. The fourth-order valence-electron chi connectivity index (χ4n) is 5.04. The minimum absolute atomic E-state index is 0.0539. The van der Waals surface area contributed by atoms with Gasteiger partial charge in [-0.1, -0.05) is 18.2 Å². The number of nitrogens with zero attached hydrogens (tertiary/aromatic N) is 6. The number of hydrogen-bond acceptors (Lipinski definition) is 9. The van der Waals surface area contributed by atoms with Crippen molar-refractivity contribution in [3.05, 3.63) is 47.7 Å². The molecule has 2 N–H and O–H groups in total. The van der Waals surface area contributed by atoms with Gasteiger partial charge in [0.25, 0.3) is 5.91 Å². The van der Waals surface area contributed by atoms with Crippen LogP contribution in [0.1, 0.15) is 24.8 Å². The number of piperidine rings is 1. The van der Waals surface area contributed by atoms with Crippen LogP contribution in [-0.2, 0) is 14.3 Å². The average molecular weight is 489 g/mol. The second-order valence-corrected chi connectivity index (χ2v) is 9.26. The fourth-order valence-corrected chi connectivity index (χ4v) is 5.04. The molecule has 2 amide bonds. The lowest BCUT2D eigenvalue weighted by Crippen LogP contribution is -2.49. The maximum absolute atomic E-state index is 12.1. The van der Waals surface area contributed by atoms with Gasteiger partial charge in [0.1, 0.15) is 0 Å². The third kappa shape index (κ3) is 4.54. The highest BCUT2D eigenvalue weighted by molar-refractivity contribution is 6.15. The summed E-state index contributed by atoms with van der Waals surface area (Å²) in [6.45, 7) is 5.29. The molecule has 0 saturated carbocycles. The second-order valence-electron chi connectivity index (χ2n) is 9.26. The number of imide groups is 1. The molecule has 3 aliphatic heterocycles. The molecule has 0 radical (unpaired) electrons. The summed E-state index contributed by atoms with van der Waals surface area (Å²) in [5.74, 6) is 0.482. The standard InChI is InChI=1S/C25H28N8O3/c34-21-15-17(23(35)28-21)14-18-16-26-33-22(18)29-24(30-25(33)27-19-4-2-1-3-5-19)32-8-6-20(7-9-32)31-10-12-36-13-11-31/h1-5,14,16,20H,6-13,15H2,(H,27,29,30)(H,28,34,35)/b17-14+. The molecule has 5 heterocycles. The van der Waals surface area contributed by atoms with E-state index in [0.29, 0.717) is 34.7 Å². The number of fused-ring (bicyclic) bond motifs is 1. The highest BCUT2D eigenvalue weighted by Gasteiger charge is 2.28. The van der Waals surface area contributed by atoms with E-state index in [-0.39, 0.29) is 18.2 Å². The molecule has 11 nitrogen and oxygen atoms in total. The van der Waals surface area contributed by atoms with Gasteiger partial charge in [0, 0.05) is 49.0 Å². The lowest BCUT2D eigenvalue weighted by Gasteiger charge is -2.40. The summed E-state index contributed by atoms with van der Waals surface area (Å²) in [5, 5.41) is 10.2. The van der Waals surface area contributed by atoms with Crippen molar-refractivity contribution in [2.24, 2.45) is 0 Å². The Bertz CT molecular complexity index is 1310. The van der Waals surface area contributed by atoms with E-state index < -0.39 is 0 Å². The summed E-state index contributed by atoms with van der Waals surface area (Å²) in [5.41, 5.74) is 2.52. The van der Waals surface area contributed by atoms with E-state index in [1.807, 2.05) is 30.3 Å². The molecular formula is C25H28N8O3. The van der Waals surface area contributed by atoms with E-state index in [2.05, 4.69) is 25.5 Å². The number of amides is 2. The Morgan fingerprint density at radius 3 is 2.53 bits per heavy atom. The maximum atomic E-state index is 12.1. The van der Waals surface area contributed by atoms with Crippen LogP contribution in [0.25, 0.3) is 11.7 Å². The molecule has 0 atom stereocenters. The van der Waals surface area contributed by atoms with Gasteiger partial charge in [-0.15, -0.1) is 0 Å². The molecule has 2 aromatic heterocycles. The topological polar surface area (TPSA) is 117 Å². The van der Waals surface area contributed by atoms with Gasteiger partial charge in [-0.2, -0.15) is 19.6 Å². The van der Waals surface area contributed by atoms with Crippen molar-refractivity contribution in [3.8, 4) is 0 Å². The van der Waals surface area contributed by atoms with E-state index in [1.54, 1.807) is 16.8 Å². The number of benzene rings is 1. The normalized spacial score (nSPS) is 20.9. The van der Waals surface area contributed by atoms with Crippen LogP contribution in [-0.4, -0.2) is 81.7 Å². The molecule has 0 unspecified atom stereocenters. The highest BCUT2D eigenvalue weighted by atomic mass is 16.5. The van der Waals surface area contributed by atoms with Crippen molar-refractivity contribution >= 4 is 41.1 Å². The van der Waals surface area contributed by atoms with Gasteiger partial charge >= 0.3 is 0 Å². The highest BCUT2D eigenvalue weighted by Crippen LogP contribution is 2.26. The minimum Gasteiger partial charge on any atom is -0.379 e. The Kier molecular flexibility index (Phi) is 6.08. The number of nitrogens with one attached hydrogen (secondary N) is 2. The molecule has 11 heteroatoms. The molecule has 0 bridgehead atoms. The van der Waals surface area contributed by atoms with Crippen LogP contribution in [0, 0.1) is 0 Å². The number of carbonyl (C=O) groups is 2. The van der Waals surface area contributed by atoms with Crippen LogP contribution < -0.4 is 15.5 Å². The third-order valence-electron chi connectivity index (χ3n) is 6.95. The van der Waals surface area contributed by atoms with Gasteiger partial charge in [0.2, 0.25) is 17.8 Å². The number of aromatic nitrogens is 4. The van der Waals surface area contributed by atoms with Gasteiger partial charge in [-0.25, -0.2) is 0 Å². The fraction of sp³-hybridized carbons (Fsp3) is 0.400. The van der Waals surface area contributed by atoms with E-state index in [1.165, 1.54) is 0 Å². The van der Waals surface area contributed by atoms with Crippen molar-refractivity contribution in [1.82, 2.24) is 29.8 Å². The van der Waals surface area contributed by atoms with Crippen LogP contribution in [0.4, 0.5) is 17.6 Å². The van der Waals surface area contributed by atoms with Crippen molar-refractivity contribution in [3.63, 3.8) is 0 Å². The molecule has 3 aliphatic rings. The predicted octanol–water partition coefficient (Wildman–Crippen LogP) is 1.60. The van der Waals surface area contributed by atoms with Gasteiger partial charge in [0.15, 0.2) is 5.65 Å². The Labute approximate surface area is 208 Å². The Morgan fingerprint density at radius 2 is 1.81 bits per heavy atom. The number of anilines is 3. The molecule has 6 rings (SSSR count). The minimum atomic E-state index is -0.374. The second kappa shape index (κ2) is 9.67. The Morgan fingerprint density at radius 1 is 1.03 bits per heavy atom. The van der Waals surface area contributed by atoms with Gasteiger partial charge in [-0.05, 0) is 31.1 Å². The molecule has 186 valence electrons. The van der Waals surface area contributed by atoms with Crippen LogP contribution in [0.5, 0.6) is 0 Å². The van der Waals surface area contributed by atoms with Crippen molar-refractivity contribution < 1.29 is 14.3 Å². The smallest absolute Gasteiger partial charge is 0.254 e. The van der Waals surface area contributed by atoms with E-state index in [0.717, 1.165) is 57.9 Å². The zero-order chi connectivity index (χ0) is 24.5. The first-order valence-electron chi connectivity index (χ1n) is 12.3. The Hall–Kier alpha value is -3.83. The number of ether oxygens (including phenoxy) is 1. The van der Waals surface area contributed by atoms with Crippen LogP contribution in [0.15, 0.2) is 42.1 Å². The molecule has 3 saturated heterocycles. The first-order valence-corrected chi connectivity index (χ1v) is 12.3. The third-order valence-corrected chi connectivity index (χ3v) is 6.95. The number of carbonyl (C=O) groups excluding carboxylic acids is 2. The van der Waals surface area contributed by atoms with E-state index in [4.69, 9.17) is 14.7 Å². The SMILES string of the molecule is O=C1C/C(=C\c2cnn3c(Nc4ccccc4)nc(N4CCC(N5CCOCC5)CC4)nc23)C(=O)N1. The molecule has 36 heavy (non-hydrogen) atoms. The average Bonchev–Trinajstić information content (AvgIpc) is 3.47. The molecule has 0 aliphatic carbocycles. The van der Waals surface area contributed by atoms with Crippen molar-refractivity contribution in [1.29, 1.82) is 0 Å². The van der Waals surface area contributed by atoms with Crippen LogP contribution in [0.3, 0.4) is 0 Å². The first kappa shape index (κ1) is 22.6. The molecule has 3 aromatic rings. The summed E-state index contributed by atoms with van der Waals surface area (Å²) >= 11 is 0. The van der Waals surface area contributed by atoms with Gasteiger partial charge in [-0.3, -0.25) is 19.8 Å². The van der Waals surface area contributed by atoms with Crippen LogP contribution in [0.2, 0.25) is 0 Å². The quantitative estimate of drug-likeness (QED) is 0.408. The zero-order valence-corrected chi connectivity index (χ0v) is 19.9. The summed E-state index contributed by atoms with van der Waals surface area (Å²) in [6, 6.07) is 10.3. The van der Waals surface area contributed by atoms with Crippen molar-refractivity contribution in [2.75, 3.05) is 49.6 Å². The first-order chi connectivity index (χ1) is 17.6. The lowest BCUT2D eigenvalue weighted by atomic mass is 10.0. The largest absolute Gasteiger partial charge is 0.379 e. The summed E-state index contributed by atoms with van der Waals surface area (Å²) in [7, 11) is 0. The summed E-state index contributed by atoms with van der Waals surface area (Å²) in [4.78, 5) is 38.3. The number of morpholine rings is 1. The molecular weight excluding hydrogens is 460 g/mol. The van der Waals surface area contributed by atoms with Gasteiger partial charge in [0.05, 0.1) is 25.8 Å². The number of rotatable bonds is 5. The summed E-state index contributed by atoms with van der Waals surface area (Å²) in [6.07, 6.45) is 5.47. The molecule has 1 aromatic carbocycles. The lowest BCUT2D eigenvalue weighted by molar-refractivity contribution is -0.124.